The number of carbonyl (C=O) groups is 1. The molecule has 1 N–H and O–H groups in total. The minimum absolute atomic E-state index is 0.0696. The number of hydrogen-bond donors (Lipinski definition) is 1. The summed E-state index contributed by atoms with van der Waals surface area (Å²) < 4.78 is 19.3. The predicted molar refractivity (Wildman–Crippen MR) is 57.2 cm³/mol. The fourth-order valence-corrected chi connectivity index (χ4v) is 2.04. The minimum Gasteiger partial charge on any atom is -0.475 e. The largest absolute Gasteiger partial charge is 0.475 e. The first kappa shape index (κ1) is 9.90. The molecule has 5 heteroatoms. The first-order valence-corrected chi connectivity index (χ1v) is 5.57. The maximum absolute atomic E-state index is 13.8. The van der Waals surface area contributed by atoms with Gasteiger partial charge in [-0.05, 0) is 6.07 Å². The van der Waals surface area contributed by atoms with Gasteiger partial charge < -0.3 is 10.1 Å². The molecule has 1 spiro atoms. The average molecular weight is 242 g/mol. The second kappa shape index (κ2) is 3.10. The summed E-state index contributed by atoms with van der Waals surface area (Å²) in [7, 11) is 0. The van der Waals surface area contributed by atoms with E-state index in [0.29, 0.717) is 24.2 Å². The van der Waals surface area contributed by atoms with Crippen molar-refractivity contribution in [2.45, 2.75) is 24.3 Å². The molecule has 1 heterocycles. The van der Waals surface area contributed by atoms with Crippen LogP contribution >= 0.6 is 11.6 Å². The summed E-state index contributed by atoms with van der Waals surface area (Å²) in [6, 6.07) is 3.23. The third-order valence-corrected chi connectivity index (χ3v) is 3.28. The smallest absolute Gasteiger partial charge is 0.268 e. The lowest BCUT2D eigenvalue weighted by molar-refractivity contribution is -0.125. The summed E-state index contributed by atoms with van der Waals surface area (Å²) in [5.74, 6) is -0.300. The Hall–Kier alpha value is -1.29. The van der Waals surface area contributed by atoms with Crippen molar-refractivity contribution in [3.05, 3.63) is 23.5 Å². The number of fused-ring (bicyclic) bond motifs is 1. The van der Waals surface area contributed by atoms with Crippen LogP contribution in [0.25, 0.3) is 0 Å². The van der Waals surface area contributed by atoms with Crippen LogP contribution in [0.4, 0.5) is 10.1 Å². The lowest BCUT2D eigenvalue weighted by Gasteiger charge is -2.26. The number of anilines is 1. The van der Waals surface area contributed by atoms with Gasteiger partial charge in [0.15, 0.2) is 11.4 Å². The average Bonchev–Trinajstić information content (AvgIpc) is 3.03. The Labute approximate surface area is 96.5 Å². The highest BCUT2D eigenvalue weighted by Gasteiger charge is 2.55. The van der Waals surface area contributed by atoms with Crippen LogP contribution in [0.5, 0.6) is 5.75 Å². The number of rotatable bonds is 1. The molecule has 0 radical (unpaired) electrons. The van der Waals surface area contributed by atoms with Gasteiger partial charge in [0, 0.05) is 18.4 Å². The maximum atomic E-state index is 13.8. The van der Waals surface area contributed by atoms with Gasteiger partial charge in [-0.15, -0.1) is 11.6 Å². The third-order valence-electron chi connectivity index (χ3n) is 2.99. The van der Waals surface area contributed by atoms with E-state index in [-0.39, 0.29) is 17.5 Å². The number of benzene rings is 1. The summed E-state index contributed by atoms with van der Waals surface area (Å²) in [5.41, 5.74) is -0.265. The first-order chi connectivity index (χ1) is 7.66. The third kappa shape index (κ3) is 1.23. The van der Waals surface area contributed by atoms with Crippen LogP contribution in [0.2, 0.25) is 0 Å². The van der Waals surface area contributed by atoms with E-state index < -0.39 is 11.4 Å². The fraction of sp³-hybridized carbons (Fsp3) is 0.364. The molecular weight excluding hydrogens is 233 g/mol. The van der Waals surface area contributed by atoms with Crippen LogP contribution in [0.15, 0.2) is 12.1 Å². The molecule has 1 aromatic rings. The number of nitrogens with one attached hydrogen (secondary N) is 1. The molecule has 3 nitrogen and oxygen atoms in total. The highest BCUT2D eigenvalue weighted by atomic mass is 35.5. The van der Waals surface area contributed by atoms with Crippen LogP contribution < -0.4 is 10.1 Å². The molecule has 0 unspecified atom stereocenters. The van der Waals surface area contributed by atoms with Crippen LogP contribution in [-0.2, 0) is 10.7 Å². The number of hydrogen-bond acceptors (Lipinski definition) is 2. The molecule has 84 valence electrons. The standard InChI is InChI=1S/C11H9ClFNO2/c12-5-6-1-2-7-9(8(6)13)14-10(15)11(16-7)3-4-11/h1-2H,3-5H2,(H,14,15). The van der Waals surface area contributed by atoms with Gasteiger partial charge in [0.05, 0.1) is 5.88 Å². The molecule has 1 aromatic carbocycles. The van der Waals surface area contributed by atoms with Crippen molar-refractivity contribution in [2.24, 2.45) is 0 Å². The number of alkyl halides is 1. The minimum atomic E-state index is -0.734. The second-order valence-corrected chi connectivity index (χ2v) is 4.36. The molecule has 1 aliphatic heterocycles. The topological polar surface area (TPSA) is 38.3 Å². The molecule has 3 rings (SSSR count). The van der Waals surface area contributed by atoms with Crippen LogP contribution in [-0.4, -0.2) is 11.5 Å². The quantitative estimate of drug-likeness (QED) is 0.767. The number of ether oxygens (including phenoxy) is 1. The van der Waals surface area contributed by atoms with Crippen molar-refractivity contribution in [2.75, 3.05) is 5.32 Å². The van der Waals surface area contributed by atoms with Gasteiger partial charge in [0.1, 0.15) is 11.4 Å². The molecule has 0 aromatic heterocycles. The van der Waals surface area contributed by atoms with Crippen molar-refractivity contribution < 1.29 is 13.9 Å². The monoisotopic (exact) mass is 241 g/mol. The number of carbonyl (C=O) groups excluding carboxylic acids is 1. The Morgan fingerprint density at radius 1 is 1.50 bits per heavy atom. The summed E-state index contributed by atoms with van der Waals surface area (Å²) in [6.45, 7) is 0. The van der Waals surface area contributed by atoms with Crippen LogP contribution in [0.3, 0.4) is 0 Å². The molecular formula is C11H9ClFNO2. The SMILES string of the molecule is O=C1Nc2c(ccc(CCl)c2F)OC12CC2. The van der Waals surface area contributed by atoms with Crippen molar-refractivity contribution in [3.63, 3.8) is 0 Å². The van der Waals surface area contributed by atoms with Crippen LogP contribution in [0.1, 0.15) is 18.4 Å². The molecule has 0 atom stereocenters. The highest BCUT2D eigenvalue weighted by molar-refractivity contribution is 6.17. The predicted octanol–water partition coefficient (Wildman–Crippen LogP) is 2.43. The normalized spacial score (nSPS) is 20.0. The molecule has 0 bridgehead atoms. The first-order valence-electron chi connectivity index (χ1n) is 5.04. The lowest BCUT2D eigenvalue weighted by Crippen LogP contribution is -2.39. The van der Waals surface area contributed by atoms with E-state index >= 15 is 0 Å². The van der Waals surface area contributed by atoms with E-state index in [0.717, 1.165) is 0 Å². The molecule has 1 amide bonds. The summed E-state index contributed by atoms with van der Waals surface area (Å²) >= 11 is 5.59. The van der Waals surface area contributed by atoms with Gasteiger partial charge in [-0.2, -0.15) is 0 Å². The molecule has 1 aliphatic carbocycles. The summed E-state index contributed by atoms with van der Waals surface area (Å²) in [4.78, 5) is 11.7. The van der Waals surface area contributed by atoms with Crippen molar-refractivity contribution in [3.8, 4) is 5.75 Å². The number of halogens is 2. The van der Waals surface area contributed by atoms with Crippen molar-refractivity contribution in [1.82, 2.24) is 0 Å². The Balaban J connectivity index is 2.08. The molecule has 16 heavy (non-hydrogen) atoms. The van der Waals surface area contributed by atoms with Crippen molar-refractivity contribution in [1.29, 1.82) is 0 Å². The highest BCUT2D eigenvalue weighted by Crippen LogP contribution is 2.47. The molecule has 1 fully saturated rings. The zero-order valence-electron chi connectivity index (χ0n) is 8.35. The van der Waals surface area contributed by atoms with Gasteiger partial charge in [0.25, 0.3) is 5.91 Å². The van der Waals surface area contributed by atoms with E-state index in [1.165, 1.54) is 0 Å². The Bertz CT molecular complexity index is 485. The summed E-state index contributed by atoms with van der Waals surface area (Å²) in [5, 5.41) is 2.56. The second-order valence-electron chi connectivity index (χ2n) is 4.10. The maximum Gasteiger partial charge on any atom is 0.268 e. The van der Waals surface area contributed by atoms with Crippen LogP contribution in [0, 0.1) is 5.82 Å². The van der Waals surface area contributed by atoms with Gasteiger partial charge in [-0.25, -0.2) is 4.39 Å². The Morgan fingerprint density at radius 2 is 2.25 bits per heavy atom. The fourth-order valence-electron chi connectivity index (χ4n) is 1.83. The zero-order chi connectivity index (χ0) is 11.3. The molecule has 1 saturated carbocycles. The van der Waals surface area contributed by atoms with E-state index in [1.54, 1.807) is 12.1 Å². The molecule has 0 saturated heterocycles. The Kier molecular flexibility index (Phi) is 1.92. The van der Waals surface area contributed by atoms with Gasteiger partial charge in [-0.3, -0.25) is 4.79 Å². The summed E-state index contributed by atoms with van der Waals surface area (Å²) in [6.07, 6.45) is 1.38. The van der Waals surface area contributed by atoms with E-state index in [2.05, 4.69) is 5.32 Å². The lowest BCUT2D eigenvalue weighted by atomic mass is 10.1. The van der Waals surface area contributed by atoms with Gasteiger partial charge >= 0.3 is 0 Å². The van der Waals surface area contributed by atoms with Crippen molar-refractivity contribution >= 4 is 23.2 Å². The van der Waals surface area contributed by atoms with Gasteiger partial charge in [-0.1, -0.05) is 6.07 Å². The van der Waals surface area contributed by atoms with Gasteiger partial charge in [0.2, 0.25) is 0 Å². The molecule has 2 aliphatic rings. The van der Waals surface area contributed by atoms with E-state index in [4.69, 9.17) is 16.3 Å². The number of amides is 1. The van der Waals surface area contributed by atoms with E-state index in [9.17, 15) is 9.18 Å². The zero-order valence-corrected chi connectivity index (χ0v) is 9.10. The Morgan fingerprint density at radius 3 is 2.88 bits per heavy atom. The van der Waals surface area contributed by atoms with E-state index in [1.807, 2.05) is 0 Å².